The lowest BCUT2D eigenvalue weighted by Gasteiger charge is -2.33. The van der Waals surface area contributed by atoms with E-state index < -0.39 is 0 Å². The normalized spacial score (nSPS) is 19.6. The van der Waals surface area contributed by atoms with Crippen molar-refractivity contribution in [2.45, 2.75) is 77.4 Å². The first-order chi connectivity index (χ1) is 10.2. The Hall–Kier alpha value is -0.940. The molecule has 1 aromatic heterocycles. The molecule has 1 heterocycles. The maximum absolute atomic E-state index is 6.05. The van der Waals surface area contributed by atoms with Gasteiger partial charge in [0.05, 0.1) is 0 Å². The summed E-state index contributed by atoms with van der Waals surface area (Å²) in [5.74, 6) is 1.48. The minimum absolute atomic E-state index is 0.311. The highest BCUT2D eigenvalue weighted by molar-refractivity contribution is 5.04. The molecule has 1 aliphatic rings. The molecule has 0 spiro atoms. The third-order valence-electron chi connectivity index (χ3n) is 4.36. The zero-order chi connectivity index (χ0) is 15.1. The number of ether oxygens (including phenoxy) is 1. The van der Waals surface area contributed by atoms with E-state index in [9.17, 15) is 0 Å². The van der Waals surface area contributed by atoms with Gasteiger partial charge in [0, 0.05) is 19.1 Å². The molecular weight excluding hydrogens is 266 g/mol. The van der Waals surface area contributed by atoms with Gasteiger partial charge in [0.25, 0.3) is 0 Å². The third kappa shape index (κ3) is 4.04. The number of aromatic nitrogens is 2. The molecule has 1 atom stereocenters. The number of likely N-dealkylation sites (N-methyl/N-ethyl adjacent to an activating group) is 1. The van der Waals surface area contributed by atoms with E-state index in [1.807, 2.05) is 6.92 Å². The monoisotopic (exact) mass is 295 g/mol. The van der Waals surface area contributed by atoms with Crippen molar-refractivity contribution < 1.29 is 9.26 Å². The molecule has 1 aromatic rings. The lowest BCUT2D eigenvalue weighted by atomic mass is 9.84. The van der Waals surface area contributed by atoms with Crippen molar-refractivity contribution in [3.63, 3.8) is 0 Å². The van der Waals surface area contributed by atoms with Crippen LogP contribution in [0.15, 0.2) is 4.52 Å². The molecule has 1 aliphatic carbocycles. The van der Waals surface area contributed by atoms with Crippen LogP contribution >= 0.6 is 0 Å². The van der Waals surface area contributed by atoms with Crippen molar-refractivity contribution >= 4 is 0 Å². The van der Waals surface area contributed by atoms with E-state index in [0.717, 1.165) is 43.9 Å². The Kier molecular flexibility index (Phi) is 6.18. The van der Waals surface area contributed by atoms with Crippen LogP contribution in [0.5, 0.6) is 0 Å². The quantitative estimate of drug-likeness (QED) is 0.798. The Morgan fingerprint density at radius 3 is 2.62 bits per heavy atom. The van der Waals surface area contributed by atoms with Gasteiger partial charge in [-0.1, -0.05) is 38.3 Å². The highest BCUT2D eigenvalue weighted by Crippen LogP contribution is 2.39. The maximum atomic E-state index is 6.05. The SMILES string of the molecule is CCNC(CC)Cc1nc(C2(OCC)CCCCC2)no1. The summed E-state index contributed by atoms with van der Waals surface area (Å²) in [4.78, 5) is 4.65. The second-order valence-electron chi connectivity index (χ2n) is 5.87. The Morgan fingerprint density at radius 2 is 2.00 bits per heavy atom. The van der Waals surface area contributed by atoms with E-state index in [4.69, 9.17) is 9.26 Å². The van der Waals surface area contributed by atoms with E-state index in [-0.39, 0.29) is 5.60 Å². The molecule has 0 radical (unpaired) electrons. The largest absolute Gasteiger partial charge is 0.367 e. The van der Waals surface area contributed by atoms with Gasteiger partial charge in [0.15, 0.2) is 0 Å². The molecule has 0 aromatic carbocycles. The van der Waals surface area contributed by atoms with Crippen LogP contribution in [0.3, 0.4) is 0 Å². The van der Waals surface area contributed by atoms with Crippen LogP contribution in [0.2, 0.25) is 0 Å². The maximum Gasteiger partial charge on any atom is 0.228 e. The molecule has 1 fully saturated rings. The molecule has 1 unspecified atom stereocenters. The molecular formula is C16H29N3O2. The summed E-state index contributed by atoms with van der Waals surface area (Å²) in [6.45, 7) is 7.98. The Labute approximate surface area is 127 Å². The average Bonchev–Trinajstić information content (AvgIpc) is 2.97. The number of nitrogens with one attached hydrogen (secondary N) is 1. The average molecular weight is 295 g/mol. The fourth-order valence-corrected chi connectivity index (χ4v) is 3.21. The van der Waals surface area contributed by atoms with Gasteiger partial charge in [-0.25, -0.2) is 0 Å². The van der Waals surface area contributed by atoms with Gasteiger partial charge in [0.2, 0.25) is 11.7 Å². The summed E-state index contributed by atoms with van der Waals surface area (Å²) < 4.78 is 11.5. The Morgan fingerprint density at radius 1 is 1.24 bits per heavy atom. The van der Waals surface area contributed by atoms with Gasteiger partial charge < -0.3 is 14.6 Å². The summed E-state index contributed by atoms with van der Waals surface area (Å²) in [7, 11) is 0. The number of rotatable bonds is 8. The van der Waals surface area contributed by atoms with Gasteiger partial charge >= 0.3 is 0 Å². The molecule has 1 N–H and O–H groups in total. The lowest BCUT2D eigenvalue weighted by molar-refractivity contribution is -0.0777. The molecule has 1 saturated carbocycles. The molecule has 120 valence electrons. The Bertz CT molecular complexity index is 408. The number of hydrogen-bond acceptors (Lipinski definition) is 5. The fraction of sp³-hybridized carbons (Fsp3) is 0.875. The minimum atomic E-state index is -0.311. The molecule has 2 rings (SSSR count). The van der Waals surface area contributed by atoms with Crippen LogP contribution in [0, 0.1) is 0 Å². The van der Waals surface area contributed by atoms with Crippen molar-refractivity contribution in [1.82, 2.24) is 15.5 Å². The molecule has 0 bridgehead atoms. The van der Waals surface area contributed by atoms with Crippen molar-refractivity contribution in [1.29, 1.82) is 0 Å². The van der Waals surface area contributed by atoms with E-state index >= 15 is 0 Å². The zero-order valence-corrected chi connectivity index (χ0v) is 13.7. The second kappa shape index (κ2) is 7.90. The molecule has 5 heteroatoms. The number of hydrogen-bond donors (Lipinski definition) is 1. The minimum Gasteiger partial charge on any atom is -0.367 e. The summed E-state index contributed by atoms with van der Waals surface area (Å²) in [5, 5.41) is 7.68. The molecule has 5 nitrogen and oxygen atoms in total. The molecule has 0 saturated heterocycles. The van der Waals surface area contributed by atoms with Gasteiger partial charge in [-0.2, -0.15) is 4.98 Å². The lowest BCUT2D eigenvalue weighted by Crippen LogP contribution is -2.34. The van der Waals surface area contributed by atoms with E-state index in [2.05, 4.69) is 29.3 Å². The van der Waals surface area contributed by atoms with Crippen molar-refractivity contribution in [3.8, 4) is 0 Å². The summed E-state index contributed by atoms with van der Waals surface area (Å²) in [6, 6.07) is 0.401. The summed E-state index contributed by atoms with van der Waals surface area (Å²) >= 11 is 0. The predicted octanol–water partition coefficient (Wildman–Crippen LogP) is 3.20. The number of nitrogens with zero attached hydrogens (tertiary/aromatic N) is 2. The molecule has 0 amide bonds. The van der Waals surface area contributed by atoms with Crippen molar-refractivity contribution in [2.75, 3.05) is 13.2 Å². The summed E-state index contributed by atoms with van der Waals surface area (Å²) in [6.07, 6.45) is 7.49. The van der Waals surface area contributed by atoms with Crippen LogP contribution in [0.25, 0.3) is 0 Å². The van der Waals surface area contributed by atoms with Crippen LogP contribution in [0.4, 0.5) is 0 Å². The Balaban J connectivity index is 2.09. The zero-order valence-electron chi connectivity index (χ0n) is 13.7. The second-order valence-corrected chi connectivity index (χ2v) is 5.87. The van der Waals surface area contributed by atoms with E-state index in [1.54, 1.807) is 0 Å². The van der Waals surface area contributed by atoms with Crippen LogP contribution in [0.1, 0.15) is 71.0 Å². The first kappa shape index (κ1) is 16.4. The standard InChI is InChI=1S/C16H29N3O2/c1-4-13(17-5-2)12-14-18-15(19-21-14)16(20-6-3)10-8-7-9-11-16/h13,17H,4-12H2,1-3H3. The van der Waals surface area contributed by atoms with E-state index in [1.165, 1.54) is 19.3 Å². The van der Waals surface area contributed by atoms with Crippen molar-refractivity contribution in [3.05, 3.63) is 11.7 Å². The first-order valence-corrected chi connectivity index (χ1v) is 8.44. The van der Waals surface area contributed by atoms with Gasteiger partial charge in [0.1, 0.15) is 5.60 Å². The summed E-state index contributed by atoms with van der Waals surface area (Å²) in [5.41, 5.74) is -0.311. The topological polar surface area (TPSA) is 60.2 Å². The predicted molar refractivity (Wildman–Crippen MR) is 82.1 cm³/mol. The molecule has 0 aliphatic heterocycles. The smallest absolute Gasteiger partial charge is 0.228 e. The van der Waals surface area contributed by atoms with E-state index in [0.29, 0.717) is 12.6 Å². The molecule has 21 heavy (non-hydrogen) atoms. The fourth-order valence-electron chi connectivity index (χ4n) is 3.21. The van der Waals surface area contributed by atoms with Crippen LogP contribution in [-0.4, -0.2) is 29.3 Å². The van der Waals surface area contributed by atoms with Crippen molar-refractivity contribution in [2.24, 2.45) is 0 Å². The highest BCUT2D eigenvalue weighted by Gasteiger charge is 2.39. The van der Waals surface area contributed by atoms with Crippen LogP contribution in [-0.2, 0) is 16.8 Å². The third-order valence-corrected chi connectivity index (χ3v) is 4.36. The van der Waals surface area contributed by atoms with Crippen LogP contribution < -0.4 is 5.32 Å². The van der Waals surface area contributed by atoms with Gasteiger partial charge in [-0.05, 0) is 32.7 Å². The van der Waals surface area contributed by atoms with Gasteiger partial charge in [-0.15, -0.1) is 0 Å². The highest BCUT2D eigenvalue weighted by atomic mass is 16.5. The van der Waals surface area contributed by atoms with Gasteiger partial charge in [-0.3, -0.25) is 0 Å². The first-order valence-electron chi connectivity index (χ1n) is 8.44.